The summed E-state index contributed by atoms with van der Waals surface area (Å²) in [6.45, 7) is 8.53. The first-order chi connectivity index (χ1) is 9.51. The molecule has 0 saturated carbocycles. The number of ether oxygens (including phenoxy) is 1. The normalized spacial score (nSPS) is 12.1. The Morgan fingerprint density at radius 2 is 1.60 bits per heavy atom. The largest absolute Gasteiger partial charge is 0.495 e. The van der Waals surface area contributed by atoms with Crippen molar-refractivity contribution in [2.75, 3.05) is 12.4 Å². The molecule has 1 atom stereocenters. The summed E-state index contributed by atoms with van der Waals surface area (Å²) in [5.41, 5.74) is 6.16. The summed E-state index contributed by atoms with van der Waals surface area (Å²) in [6.07, 6.45) is 0. The Labute approximate surface area is 121 Å². The van der Waals surface area contributed by atoms with E-state index in [4.69, 9.17) is 4.74 Å². The standard InChI is InChI=1S/C18H23NO/c1-12-6-8-14(3)16(10-12)15(4)19-17-9-7-13(2)11-18(17)20-5/h6-11,15,19H,1-5H3. The van der Waals surface area contributed by atoms with Crippen LogP contribution < -0.4 is 10.1 Å². The average Bonchev–Trinajstić information content (AvgIpc) is 2.43. The van der Waals surface area contributed by atoms with Gasteiger partial charge in [-0.15, -0.1) is 0 Å². The number of rotatable bonds is 4. The number of benzene rings is 2. The highest BCUT2D eigenvalue weighted by molar-refractivity contribution is 5.59. The van der Waals surface area contributed by atoms with E-state index in [-0.39, 0.29) is 6.04 Å². The van der Waals surface area contributed by atoms with E-state index in [1.54, 1.807) is 7.11 Å². The summed E-state index contributed by atoms with van der Waals surface area (Å²) >= 11 is 0. The number of methoxy groups -OCH3 is 1. The minimum Gasteiger partial charge on any atom is -0.495 e. The Balaban J connectivity index is 2.27. The third-order valence-corrected chi connectivity index (χ3v) is 3.63. The molecular weight excluding hydrogens is 246 g/mol. The van der Waals surface area contributed by atoms with Gasteiger partial charge in [0.15, 0.2) is 0 Å². The van der Waals surface area contributed by atoms with Crippen LogP contribution in [0.2, 0.25) is 0 Å². The molecule has 2 aromatic rings. The molecule has 106 valence electrons. The number of anilines is 1. The van der Waals surface area contributed by atoms with E-state index >= 15 is 0 Å². The van der Waals surface area contributed by atoms with Gasteiger partial charge in [0.05, 0.1) is 12.8 Å². The van der Waals surface area contributed by atoms with E-state index in [0.717, 1.165) is 11.4 Å². The Kier molecular flexibility index (Phi) is 4.33. The Morgan fingerprint density at radius 3 is 2.30 bits per heavy atom. The summed E-state index contributed by atoms with van der Waals surface area (Å²) in [4.78, 5) is 0. The summed E-state index contributed by atoms with van der Waals surface area (Å²) < 4.78 is 5.45. The molecule has 20 heavy (non-hydrogen) atoms. The topological polar surface area (TPSA) is 21.3 Å². The van der Waals surface area contributed by atoms with Crippen molar-refractivity contribution >= 4 is 5.69 Å². The fourth-order valence-corrected chi connectivity index (χ4v) is 2.46. The van der Waals surface area contributed by atoms with E-state index in [0.29, 0.717) is 0 Å². The van der Waals surface area contributed by atoms with Crippen LogP contribution in [0.3, 0.4) is 0 Å². The van der Waals surface area contributed by atoms with Gasteiger partial charge in [0.25, 0.3) is 0 Å². The lowest BCUT2D eigenvalue weighted by Crippen LogP contribution is -2.09. The molecule has 2 nitrogen and oxygen atoms in total. The number of hydrogen-bond acceptors (Lipinski definition) is 2. The highest BCUT2D eigenvalue weighted by Gasteiger charge is 2.11. The lowest BCUT2D eigenvalue weighted by Gasteiger charge is -2.20. The van der Waals surface area contributed by atoms with Crippen LogP contribution in [0.25, 0.3) is 0 Å². The average molecular weight is 269 g/mol. The first-order valence-electron chi connectivity index (χ1n) is 6.99. The van der Waals surface area contributed by atoms with E-state index in [1.165, 1.54) is 22.3 Å². The summed E-state index contributed by atoms with van der Waals surface area (Å²) in [5, 5.41) is 3.55. The third-order valence-electron chi connectivity index (χ3n) is 3.63. The smallest absolute Gasteiger partial charge is 0.142 e. The van der Waals surface area contributed by atoms with Gasteiger partial charge < -0.3 is 10.1 Å². The van der Waals surface area contributed by atoms with Gasteiger partial charge >= 0.3 is 0 Å². The SMILES string of the molecule is COc1cc(C)ccc1NC(C)c1cc(C)ccc1C. The van der Waals surface area contributed by atoms with Crippen molar-refractivity contribution < 1.29 is 4.74 Å². The molecule has 2 rings (SSSR count). The second-order valence-electron chi connectivity index (χ2n) is 5.43. The van der Waals surface area contributed by atoms with Crippen LogP contribution in [0.1, 0.15) is 35.2 Å². The lowest BCUT2D eigenvalue weighted by molar-refractivity contribution is 0.416. The lowest BCUT2D eigenvalue weighted by atomic mass is 9.99. The summed E-state index contributed by atoms with van der Waals surface area (Å²) in [5.74, 6) is 0.891. The van der Waals surface area contributed by atoms with Crippen molar-refractivity contribution in [2.24, 2.45) is 0 Å². The van der Waals surface area contributed by atoms with Crippen molar-refractivity contribution in [3.05, 3.63) is 58.7 Å². The van der Waals surface area contributed by atoms with Crippen LogP contribution in [0.4, 0.5) is 5.69 Å². The second-order valence-corrected chi connectivity index (χ2v) is 5.43. The van der Waals surface area contributed by atoms with Crippen LogP contribution in [-0.4, -0.2) is 7.11 Å². The van der Waals surface area contributed by atoms with Gasteiger partial charge in [-0.05, 0) is 56.5 Å². The van der Waals surface area contributed by atoms with Crippen molar-refractivity contribution in [3.63, 3.8) is 0 Å². The minimum absolute atomic E-state index is 0.242. The predicted molar refractivity (Wildman–Crippen MR) is 85.7 cm³/mol. The first-order valence-corrected chi connectivity index (χ1v) is 6.99. The molecule has 0 radical (unpaired) electrons. The van der Waals surface area contributed by atoms with E-state index in [9.17, 15) is 0 Å². The fourth-order valence-electron chi connectivity index (χ4n) is 2.46. The molecule has 0 saturated heterocycles. The quantitative estimate of drug-likeness (QED) is 0.861. The van der Waals surface area contributed by atoms with E-state index < -0.39 is 0 Å². The minimum atomic E-state index is 0.242. The van der Waals surface area contributed by atoms with Crippen LogP contribution in [0.15, 0.2) is 36.4 Å². The van der Waals surface area contributed by atoms with Gasteiger partial charge in [-0.2, -0.15) is 0 Å². The monoisotopic (exact) mass is 269 g/mol. The Hall–Kier alpha value is -1.96. The Bertz CT molecular complexity index is 604. The van der Waals surface area contributed by atoms with Crippen molar-refractivity contribution in [2.45, 2.75) is 33.7 Å². The van der Waals surface area contributed by atoms with E-state index in [1.807, 2.05) is 0 Å². The molecular formula is C18H23NO. The van der Waals surface area contributed by atoms with Crippen LogP contribution >= 0.6 is 0 Å². The van der Waals surface area contributed by atoms with Crippen LogP contribution in [-0.2, 0) is 0 Å². The number of nitrogens with one attached hydrogen (secondary N) is 1. The maximum atomic E-state index is 5.45. The van der Waals surface area contributed by atoms with Crippen LogP contribution in [0.5, 0.6) is 5.75 Å². The molecule has 0 heterocycles. The van der Waals surface area contributed by atoms with Gasteiger partial charge in [0, 0.05) is 6.04 Å². The van der Waals surface area contributed by atoms with E-state index in [2.05, 4.69) is 69.4 Å². The van der Waals surface area contributed by atoms with Crippen molar-refractivity contribution in [3.8, 4) is 5.75 Å². The molecule has 0 amide bonds. The van der Waals surface area contributed by atoms with Gasteiger partial charge in [0.2, 0.25) is 0 Å². The zero-order valence-corrected chi connectivity index (χ0v) is 12.9. The third kappa shape index (κ3) is 3.13. The van der Waals surface area contributed by atoms with Gasteiger partial charge in [-0.3, -0.25) is 0 Å². The van der Waals surface area contributed by atoms with Crippen LogP contribution in [0, 0.1) is 20.8 Å². The number of aryl methyl sites for hydroxylation is 3. The summed E-state index contributed by atoms with van der Waals surface area (Å²) in [7, 11) is 1.71. The van der Waals surface area contributed by atoms with Gasteiger partial charge in [0.1, 0.15) is 5.75 Å². The molecule has 1 N–H and O–H groups in total. The van der Waals surface area contributed by atoms with Crippen molar-refractivity contribution in [1.82, 2.24) is 0 Å². The Morgan fingerprint density at radius 1 is 0.950 bits per heavy atom. The molecule has 0 fully saturated rings. The highest BCUT2D eigenvalue weighted by Crippen LogP contribution is 2.30. The molecule has 0 aliphatic heterocycles. The molecule has 0 bridgehead atoms. The fraction of sp³-hybridized carbons (Fsp3) is 0.333. The second kappa shape index (κ2) is 6.00. The van der Waals surface area contributed by atoms with Gasteiger partial charge in [-0.1, -0.05) is 29.8 Å². The predicted octanol–water partition coefficient (Wildman–Crippen LogP) is 4.79. The molecule has 2 aromatic carbocycles. The molecule has 0 aromatic heterocycles. The zero-order chi connectivity index (χ0) is 14.7. The zero-order valence-electron chi connectivity index (χ0n) is 12.9. The highest BCUT2D eigenvalue weighted by atomic mass is 16.5. The maximum Gasteiger partial charge on any atom is 0.142 e. The number of hydrogen-bond donors (Lipinski definition) is 1. The van der Waals surface area contributed by atoms with Gasteiger partial charge in [-0.25, -0.2) is 0 Å². The molecule has 0 spiro atoms. The molecule has 2 heteroatoms. The molecule has 0 aliphatic carbocycles. The molecule has 0 aliphatic rings. The first kappa shape index (κ1) is 14.4. The maximum absolute atomic E-state index is 5.45. The molecule has 1 unspecified atom stereocenters. The summed E-state index contributed by atoms with van der Waals surface area (Å²) in [6, 6.07) is 13.0. The van der Waals surface area contributed by atoms with Crippen molar-refractivity contribution in [1.29, 1.82) is 0 Å².